The molecule has 3 aliphatic rings. The van der Waals surface area contributed by atoms with Gasteiger partial charge in [-0.2, -0.15) is 0 Å². The first-order valence-electron chi connectivity index (χ1n) is 30.8. The zero-order chi connectivity index (χ0) is 70.6. The second-order valence-electron chi connectivity index (χ2n) is 25.2. The number of nitrogens with one attached hydrogen (secondary N) is 3. The zero-order valence-electron chi connectivity index (χ0n) is 55.9. The smallest absolute Gasteiger partial charge is 0.385 e. The van der Waals surface area contributed by atoms with Crippen LogP contribution < -0.4 is 44.4 Å². The number of ether oxygens (including phenoxy) is 7. The normalized spacial score (nSPS) is 20.2. The topological polar surface area (TPSA) is 241 Å². The van der Waals surface area contributed by atoms with Crippen LogP contribution in [0, 0.1) is 78.4 Å². The van der Waals surface area contributed by atoms with E-state index in [1.807, 2.05) is 41.5 Å². The number of amides is 3. The number of alkyl halides is 3. The van der Waals surface area contributed by atoms with Gasteiger partial charge in [0.25, 0.3) is 17.7 Å². The number of esters is 1. The van der Waals surface area contributed by atoms with Crippen LogP contribution in [0.5, 0.6) is 34.9 Å². The van der Waals surface area contributed by atoms with E-state index in [1.54, 1.807) is 77.2 Å². The molecule has 21 nitrogen and oxygen atoms in total. The number of pyridine rings is 3. The van der Waals surface area contributed by atoms with Crippen LogP contribution in [0.3, 0.4) is 0 Å². The second kappa shape index (κ2) is 31.1. The number of nitrogens with zero attached hydrogens (tertiary/aromatic N) is 6. The third kappa shape index (κ3) is 17.6. The van der Waals surface area contributed by atoms with E-state index in [0.717, 1.165) is 5.39 Å². The van der Waals surface area contributed by atoms with Crippen molar-refractivity contribution >= 4 is 73.1 Å². The van der Waals surface area contributed by atoms with Gasteiger partial charge in [-0.05, 0) is 127 Å². The van der Waals surface area contributed by atoms with Crippen molar-refractivity contribution in [3.05, 3.63) is 106 Å². The summed E-state index contributed by atoms with van der Waals surface area (Å²) in [6, 6.07) is 8.47. The van der Waals surface area contributed by atoms with Gasteiger partial charge in [-0.3, -0.25) is 14.4 Å². The molecule has 3 aromatic heterocycles. The van der Waals surface area contributed by atoms with E-state index in [9.17, 15) is 37.5 Å². The molecule has 96 heavy (non-hydrogen) atoms. The monoisotopic (exact) mass is 1320 g/mol. The number of benzene rings is 3. The highest BCUT2D eigenvalue weighted by Crippen LogP contribution is 2.41. The number of hydrogen-bond acceptors (Lipinski definition) is 15. The number of halogens is 3. The lowest BCUT2D eigenvalue weighted by Gasteiger charge is -2.19. The van der Waals surface area contributed by atoms with E-state index >= 15 is 0 Å². The Morgan fingerprint density at radius 1 is 0.521 bits per heavy atom. The number of carbonyl (C=O) groups is 4. The van der Waals surface area contributed by atoms with Crippen molar-refractivity contribution < 1.29 is 70.6 Å². The lowest BCUT2D eigenvalue weighted by molar-refractivity contribution is -0.147. The number of methoxy groups -OCH3 is 3. The molecular weight excluding hydrogens is 1240 g/mol. The summed E-state index contributed by atoms with van der Waals surface area (Å²) in [4.78, 5) is 70.8. The van der Waals surface area contributed by atoms with E-state index in [0.29, 0.717) is 97.4 Å². The molecular formula is C72H76F3N9O12. The lowest BCUT2D eigenvalue weighted by atomic mass is 9.96. The average molecular weight is 1320 g/mol. The number of fused-ring (bicyclic) bond motifs is 3. The maximum Gasteiger partial charge on any atom is 0.385 e. The molecule has 9 atom stereocenters. The molecule has 3 aliphatic heterocycles. The van der Waals surface area contributed by atoms with Crippen molar-refractivity contribution in [3.63, 3.8) is 0 Å². The third-order valence-corrected chi connectivity index (χ3v) is 15.6. The molecule has 0 radical (unpaired) electrons. The van der Waals surface area contributed by atoms with Crippen LogP contribution in [0.4, 0.5) is 30.2 Å². The Bertz CT molecular complexity index is 4120. The lowest BCUT2D eigenvalue weighted by Crippen LogP contribution is -2.34. The van der Waals surface area contributed by atoms with Gasteiger partial charge < -0.3 is 54.2 Å². The molecule has 0 bridgehead atoms. The van der Waals surface area contributed by atoms with Crippen LogP contribution >= 0.6 is 0 Å². The van der Waals surface area contributed by atoms with E-state index < -0.39 is 89.3 Å². The van der Waals surface area contributed by atoms with Crippen molar-refractivity contribution in [1.29, 1.82) is 0 Å². The fourth-order valence-corrected chi connectivity index (χ4v) is 10.8. The minimum Gasteiger partial charge on any atom is -0.508 e. The third-order valence-electron chi connectivity index (χ3n) is 15.6. The highest BCUT2D eigenvalue weighted by atomic mass is 19.1. The predicted octanol–water partition coefficient (Wildman–Crippen LogP) is 11.3. The van der Waals surface area contributed by atoms with Crippen LogP contribution in [0.15, 0.2) is 55.0 Å². The molecule has 0 aliphatic carbocycles. The summed E-state index contributed by atoms with van der Waals surface area (Å²) in [6.07, 6.45) is 1.37. The van der Waals surface area contributed by atoms with Gasteiger partial charge in [0.05, 0.1) is 64.7 Å². The Labute approximate surface area is 556 Å². The van der Waals surface area contributed by atoms with Crippen LogP contribution in [0.2, 0.25) is 0 Å². The second-order valence-corrected chi connectivity index (χ2v) is 25.2. The van der Waals surface area contributed by atoms with Crippen molar-refractivity contribution in [2.45, 2.75) is 143 Å². The van der Waals surface area contributed by atoms with Gasteiger partial charge in [0.2, 0.25) is 34.7 Å². The molecule has 9 rings (SSSR count). The van der Waals surface area contributed by atoms with Gasteiger partial charge in [0.1, 0.15) is 48.3 Å². The number of hydrogen-bond donors (Lipinski definition) is 4. The molecule has 3 amide bonds. The molecule has 6 aromatic rings. The van der Waals surface area contributed by atoms with Crippen molar-refractivity contribution in [2.75, 3.05) is 41.2 Å². The number of rotatable bonds is 15. The van der Waals surface area contributed by atoms with Gasteiger partial charge in [-0.25, -0.2) is 47.5 Å². The van der Waals surface area contributed by atoms with E-state index in [4.69, 9.17) is 52.9 Å². The Kier molecular flexibility index (Phi) is 23.6. The average Bonchev–Trinajstić information content (AvgIpc) is 1.14. The number of aromatic nitrogens is 3. The van der Waals surface area contributed by atoms with Gasteiger partial charge in [-0.15, -0.1) is 0 Å². The first-order chi connectivity index (χ1) is 45.4. The first-order valence-corrected chi connectivity index (χ1v) is 30.8. The molecule has 4 N–H and O–H groups in total. The largest absolute Gasteiger partial charge is 0.508 e. The van der Waals surface area contributed by atoms with Gasteiger partial charge in [-0.1, -0.05) is 50.4 Å². The Balaban J connectivity index is 0.000000203. The Morgan fingerprint density at radius 2 is 0.833 bits per heavy atom. The van der Waals surface area contributed by atoms with E-state index in [1.165, 1.54) is 33.7 Å². The molecule has 3 saturated heterocycles. The quantitative estimate of drug-likeness (QED) is 0.0425. The minimum atomic E-state index is -1.57. The highest BCUT2D eigenvalue weighted by Gasteiger charge is 2.44. The summed E-state index contributed by atoms with van der Waals surface area (Å²) in [6.45, 7) is 42.3. The standard InChI is InChI=1S/C25H26FN3O5.C24H26FN3O3.C23H24FN3O4/c1-7-15-19(29-23(31)22(15)26)13-33-24-17-11-20(32-6)18(27-5)10-16(17)14(12-28-24)8-9-21(30)34-25(2,3)4;1-7-15-19(28-22(29)21(15)25)13-31-23-17-11-20(30-6)18(26-5)10-16(17)14(12-27-23)8-9-24(2,3)4;1-6-14-18(27-21(28)20(14)24)12-31-22-16-10-19(30-5)17(25-4)9-15(16)13(11-26-22)7-8-23(2,3)29/h10-12,15,19,22H,7,13H2,1-4,6H3,(H,29,31);10-12,15,19,21H,7,13H2,1-4,6H3,(H,28,29);9-11,14,18,20,29H,6,12H2,1-3,5H3,(H,27,28)/t15-,19+,22-;15-,19+,21-;14-,18+,20-/m000/s1. The summed E-state index contributed by atoms with van der Waals surface area (Å²) in [5, 5.41) is 21.4. The molecule has 502 valence electrons. The molecule has 0 spiro atoms. The van der Waals surface area contributed by atoms with Crippen molar-refractivity contribution in [3.8, 4) is 70.4 Å². The van der Waals surface area contributed by atoms with Crippen molar-refractivity contribution in [1.82, 2.24) is 30.9 Å². The maximum atomic E-state index is 14.1. The van der Waals surface area contributed by atoms with Crippen LogP contribution in [-0.4, -0.2) is 133 Å². The zero-order valence-corrected chi connectivity index (χ0v) is 55.9. The summed E-state index contributed by atoms with van der Waals surface area (Å²) >= 11 is 0. The van der Waals surface area contributed by atoms with Gasteiger partial charge in [0, 0.05) is 75.0 Å². The fraction of sp³-hybridized carbons (Fsp3) is 0.444. The SMILES string of the molecule is [C-]#[N+]c1cc2c(C#CC(=O)OC(C)(C)C)cnc(OC[C@H]3NC(=O)[C@@H](F)[C@H]3CC)c2cc1OC.[C-]#[N+]c1cc2c(C#CC(C)(C)C)cnc(OC[C@H]3NC(=O)[C@@H](F)[C@H]3CC)c2cc1OC.[C-]#[N+]c1cc2c(C#CC(C)(C)O)cnc(OC[C@H]3NC(=O)[C@@H](F)[C@H]3CC)c2cc1OC. The molecule has 3 aromatic carbocycles. The maximum absolute atomic E-state index is 14.1. The molecule has 6 heterocycles. The molecule has 0 saturated carbocycles. The summed E-state index contributed by atoms with van der Waals surface area (Å²) in [7, 11) is 4.40. The summed E-state index contributed by atoms with van der Waals surface area (Å²) < 4.78 is 81.2. The van der Waals surface area contributed by atoms with Crippen molar-refractivity contribution in [2.24, 2.45) is 23.2 Å². The number of carbonyl (C=O) groups excluding carboxylic acids is 4. The Morgan fingerprint density at radius 3 is 1.10 bits per heavy atom. The molecule has 24 heteroatoms. The van der Waals surface area contributed by atoms with Gasteiger partial charge in [0.15, 0.2) is 18.5 Å². The highest BCUT2D eigenvalue weighted by molar-refractivity contribution is 5.99. The minimum absolute atomic E-state index is 0.0165. The first kappa shape index (κ1) is 72.9. The van der Waals surface area contributed by atoms with Crippen LogP contribution in [-0.2, 0) is 23.9 Å². The Hall–Kier alpha value is -10.5. The summed E-state index contributed by atoms with van der Waals surface area (Å²) in [5.74, 6) is 15.0. The predicted molar refractivity (Wildman–Crippen MR) is 354 cm³/mol. The van der Waals surface area contributed by atoms with Crippen LogP contribution in [0.25, 0.3) is 46.9 Å². The molecule has 0 unspecified atom stereocenters. The molecule has 3 fully saturated rings. The fourth-order valence-electron chi connectivity index (χ4n) is 10.8. The van der Waals surface area contributed by atoms with Crippen LogP contribution in [0.1, 0.15) is 112 Å². The van der Waals surface area contributed by atoms with Gasteiger partial charge >= 0.3 is 5.97 Å². The van der Waals surface area contributed by atoms with E-state index in [2.05, 4.69) is 81.0 Å². The number of aliphatic hydroxyl groups is 1. The summed E-state index contributed by atoms with van der Waals surface area (Å²) in [5.41, 5.74) is 0.417. The van der Waals surface area contributed by atoms with E-state index in [-0.39, 0.29) is 42.7 Å².